The van der Waals surface area contributed by atoms with E-state index in [1.165, 1.54) is 13.2 Å². The number of hydrogen-bond donors (Lipinski definition) is 3. The molecule has 1 unspecified atom stereocenters. The van der Waals surface area contributed by atoms with Gasteiger partial charge in [0.1, 0.15) is 23.4 Å². The van der Waals surface area contributed by atoms with E-state index in [1.54, 1.807) is 24.1 Å². The second kappa shape index (κ2) is 8.26. The molecule has 1 amide bonds. The van der Waals surface area contributed by atoms with Gasteiger partial charge in [0.15, 0.2) is 0 Å². The molecule has 29 heavy (non-hydrogen) atoms. The molecule has 2 saturated heterocycles. The van der Waals surface area contributed by atoms with E-state index in [1.807, 2.05) is 18.2 Å². The summed E-state index contributed by atoms with van der Waals surface area (Å²) in [6.07, 6.45) is 0.588. The molecule has 1 atom stereocenters. The van der Waals surface area contributed by atoms with E-state index in [9.17, 15) is 9.18 Å². The van der Waals surface area contributed by atoms with Gasteiger partial charge in [-0.25, -0.2) is 4.39 Å². The number of anilines is 2. The van der Waals surface area contributed by atoms with Gasteiger partial charge in [-0.15, -0.1) is 0 Å². The molecule has 0 aliphatic carbocycles. The van der Waals surface area contributed by atoms with Crippen molar-refractivity contribution in [3.05, 3.63) is 47.8 Å². The van der Waals surface area contributed by atoms with Gasteiger partial charge in [0.05, 0.1) is 19.9 Å². The Balaban J connectivity index is 1.50. The fourth-order valence-corrected chi connectivity index (χ4v) is 3.89. The lowest BCUT2D eigenvalue weighted by Crippen LogP contribution is -2.33. The zero-order valence-corrected chi connectivity index (χ0v) is 16.5. The van der Waals surface area contributed by atoms with Crippen LogP contribution >= 0.6 is 0 Å². The van der Waals surface area contributed by atoms with E-state index < -0.39 is 11.9 Å². The van der Waals surface area contributed by atoms with Gasteiger partial charge in [0, 0.05) is 43.4 Å². The molecular weight excluding hydrogens is 375 g/mol. The SMILES string of the molecule is COc1ccc(NC2CCN(c3ccc(C4CNNC4)c(OC)c3)C2=O)c(F)c1. The van der Waals surface area contributed by atoms with E-state index in [2.05, 4.69) is 16.2 Å². The Labute approximate surface area is 169 Å². The van der Waals surface area contributed by atoms with Crippen molar-refractivity contribution in [3.8, 4) is 11.5 Å². The van der Waals surface area contributed by atoms with E-state index in [0.29, 0.717) is 30.3 Å². The zero-order valence-electron chi connectivity index (χ0n) is 16.5. The maximum atomic E-state index is 14.2. The van der Waals surface area contributed by atoms with E-state index in [4.69, 9.17) is 9.47 Å². The predicted octanol–water partition coefficient (Wildman–Crippen LogP) is 2.25. The summed E-state index contributed by atoms with van der Waals surface area (Å²) in [6.45, 7) is 2.22. The molecule has 2 aromatic carbocycles. The molecule has 0 bridgehead atoms. The Kier molecular flexibility index (Phi) is 5.55. The maximum Gasteiger partial charge on any atom is 0.249 e. The molecule has 0 aromatic heterocycles. The fraction of sp³-hybridized carbons (Fsp3) is 0.381. The van der Waals surface area contributed by atoms with Crippen LogP contribution in [0.5, 0.6) is 11.5 Å². The third-order valence-electron chi connectivity index (χ3n) is 5.50. The van der Waals surface area contributed by atoms with Crippen molar-refractivity contribution < 1.29 is 18.7 Å². The van der Waals surface area contributed by atoms with Gasteiger partial charge >= 0.3 is 0 Å². The summed E-state index contributed by atoms with van der Waals surface area (Å²) in [5, 5.41) is 3.03. The second-order valence-electron chi connectivity index (χ2n) is 7.21. The summed E-state index contributed by atoms with van der Waals surface area (Å²) in [6, 6.07) is 9.95. The summed E-state index contributed by atoms with van der Waals surface area (Å²) in [5.41, 5.74) is 8.43. The molecule has 154 valence electrons. The Morgan fingerprint density at radius 2 is 1.90 bits per heavy atom. The van der Waals surface area contributed by atoms with Gasteiger partial charge in [-0.05, 0) is 30.2 Å². The van der Waals surface area contributed by atoms with Crippen LogP contribution in [-0.4, -0.2) is 45.8 Å². The summed E-state index contributed by atoms with van der Waals surface area (Å²) in [4.78, 5) is 14.7. The number of rotatable bonds is 6. The first kappa shape index (κ1) is 19.5. The minimum Gasteiger partial charge on any atom is -0.497 e. The van der Waals surface area contributed by atoms with Crippen molar-refractivity contribution in [2.24, 2.45) is 0 Å². The molecule has 0 saturated carbocycles. The molecule has 4 rings (SSSR count). The fourth-order valence-electron chi connectivity index (χ4n) is 3.89. The number of hydrazine groups is 1. The number of ether oxygens (including phenoxy) is 2. The zero-order chi connectivity index (χ0) is 20.4. The van der Waals surface area contributed by atoms with E-state index in [-0.39, 0.29) is 5.91 Å². The van der Waals surface area contributed by atoms with Crippen LogP contribution in [0, 0.1) is 5.82 Å². The molecule has 0 radical (unpaired) electrons. The Bertz CT molecular complexity index is 901. The summed E-state index contributed by atoms with van der Waals surface area (Å²) in [7, 11) is 3.13. The van der Waals surface area contributed by atoms with Crippen molar-refractivity contribution in [2.45, 2.75) is 18.4 Å². The average molecular weight is 400 g/mol. The first-order valence-corrected chi connectivity index (χ1v) is 9.66. The first-order valence-electron chi connectivity index (χ1n) is 9.66. The quantitative estimate of drug-likeness (QED) is 0.691. The summed E-state index contributed by atoms with van der Waals surface area (Å²) < 4.78 is 24.8. The van der Waals surface area contributed by atoms with Crippen molar-refractivity contribution in [1.82, 2.24) is 10.9 Å². The third-order valence-corrected chi connectivity index (χ3v) is 5.50. The number of amides is 1. The number of benzene rings is 2. The minimum absolute atomic E-state index is 0.0841. The predicted molar refractivity (Wildman–Crippen MR) is 109 cm³/mol. The van der Waals surface area contributed by atoms with Gasteiger partial charge in [0.2, 0.25) is 5.91 Å². The van der Waals surface area contributed by atoms with E-state index in [0.717, 1.165) is 30.1 Å². The second-order valence-corrected chi connectivity index (χ2v) is 7.21. The van der Waals surface area contributed by atoms with Crippen LogP contribution in [0.2, 0.25) is 0 Å². The smallest absolute Gasteiger partial charge is 0.249 e. The van der Waals surface area contributed by atoms with Crippen molar-refractivity contribution >= 4 is 17.3 Å². The van der Waals surface area contributed by atoms with Crippen LogP contribution in [0.25, 0.3) is 0 Å². The highest BCUT2D eigenvalue weighted by Crippen LogP contribution is 2.34. The molecule has 2 aliphatic rings. The molecule has 2 heterocycles. The third kappa shape index (κ3) is 3.86. The van der Waals surface area contributed by atoms with Gasteiger partial charge < -0.3 is 19.7 Å². The highest BCUT2D eigenvalue weighted by molar-refractivity contribution is 6.01. The van der Waals surface area contributed by atoms with Crippen molar-refractivity contribution in [2.75, 3.05) is 44.1 Å². The molecule has 2 aromatic rings. The molecular formula is C21H25FN4O3. The highest BCUT2D eigenvalue weighted by atomic mass is 19.1. The molecule has 2 fully saturated rings. The topological polar surface area (TPSA) is 74.9 Å². The number of nitrogens with one attached hydrogen (secondary N) is 3. The lowest BCUT2D eigenvalue weighted by molar-refractivity contribution is -0.117. The molecule has 0 spiro atoms. The number of methoxy groups -OCH3 is 2. The van der Waals surface area contributed by atoms with Gasteiger partial charge in [0.25, 0.3) is 0 Å². The van der Waals surface area contributed by atoms with Crippen LogP contribution in [0.15, 0.2) is 36.4 Å². The van der Waals surface area contributed by atoms with Crippen molar-refractivity contribution in [3.63, 3.8) is 0 Å². The van der Waals surface area contributed by atoms with Gasteiger partial charge in [-0.3, -0.25) is 15.6 Å². The average Bonchev–Trinajstić information content (AvgIpc) is 3.39. The van der Waals surface area contributed by atoms with E-state index >= 15 is 0 Å². The number of hydrogen-bond acceptors (Lipinski definition) is 6. The monoisotopic (exact) mass is 400 g/mol. The molecule has 7 nitrogen and oxygen atoms in total. The number of halogens is 1. The molecule has 8 heteroatoms. The largest absolute Gasteiger partial charge is 0.497 e. The summed E-state index contributed by atoms with van der Waals surface area (Å²) >= 11 is 0. The van der Waals surface area contributed by atoms with Crippen LogP contribution < -0.4 is 30.5 Å². The first-order chi connectivity index (χ1) is 14.1. The molecule has 3 N–H and O–H groups in total. The van der Waals surface area contributed by atoms with Crippen LogP contribution in [0.3, 0.4) is 0 Å². The van der Waals surface area contributed by atoms with Crippen LogP contribution in [-0.2, 0) is 4.79 Å². The minimum atomic E-state index is -0.480. The number of carbonyl (C=O) groups is 1. The molecule has 2 aliphatic heterocycles. The van der Waals surface area contributed by atoms with Gasteiger partial charge in [-0.2, -0.15) is 0 Å². The highest BCUT2D eigenvalue weighted by Gasteiger charge is 2.33. The number of carbonyl (C=O) groups excluding carboxylic acids is 1. The summed E-state index contributed by atoms with van der Waals surface area (Å²) in [5.74, 6) is 0.996. The van der Waals surface area contributed by atoms with Crippen LogP contribution in [0.1, 0.15) is 17.9 Å². The number of nitrogens with zero attached hydrogens (tertiary/aromatic N) is 1. The normalized spacial score (nSPS) is 19.6. The lowest BCUT2D eigenvalue weighted by Gasteiger charge is -2.21. The van der Waals surface area contributed by atoms with Gasteiger partial charge in [-0.1, -0.05) is 6.07 Å². The maximum absolute atomic E-state index is 14.2. The Morgan fingerprint density at radius 3 is 2.59 bits per heavy atom. The Hall–Kier alpha value is -2.84. The Morgan fingerprint density at radius 1 is 1.10 bits per heavy atom. The van der Waals surface area contributed by atoms with Crippen molar-refractivity contribution in [1.29, 1.82) is 0 Å². The standard InChI is InChI=1S/C21H25FN4O3/c1-28-15-4-6-18(17(22)10-15)25-19-7-8-26(21(19)27)14-3-5-16(20(9-14)29-2)13-11-23-24-12-13/h3-6,9-10,13,19,23-25H,7-8,11-12H2,1-2H3. The van der Waals surface area contributed by atoms with Crippen LogP contribution in [0.4, 0.5) is 15.8 Å². The lowest BCUT2D eigenvalue weighted by atomic mass is 9.98.